The normalized spacial score (nSPS) is 10.3. The first-order chi connectivity index (χ1) is 6.25. The van der Waals surface area contributed by atoms with E-state index < -0.39 is 0 Å². The third-order valence-corrected chi connectivity index (χ3v) is 2.98. The molecule has 0 radical (unpaired) electrons. The molecule has 0 saturated heterocycles. The van der Waals surface area contributed by atoms with Gasteiger partial charge in [0.1, 0.15) is 0 Å². The van der Waals surface area contributed by atoms with E-state index in [1.165, 1.54) is 21.6 Å². The van der Waals surface area contributed by atoms with Crippen molar-refractivity contribution in [3.63, 3.8) is 0 Å². The van der Waals surface area contributed by atoms with Crippen LogP contribution in [0, 0.1) is 13.8 Å². The topological polar surface area (TPSA) is 0 Å². The van der Waals surface area contributed by atoms with E-state index in [9.17, 15) is 0 Å². The molecule has 0 saturated carbocycles. The highest BCUT2D eigenvalue weighted by Crippen LogP contribution is 2.24. The molecular weight excluding hydrogens is 176 g/mol. The molecule has 0 fully saturated rings. The van der Waals surface area contributed by atoms with E-state index in [1.54, 1.807) is 11.3 Å². The van der Waals surface area contributed by atoms with Gasteiger partial charge in [-0.25, -0.2) is 0 Å². The van der Waals surface area contributed by atoms with Crippen molar-refractivity contribution in [3.8, 4) is 11.1 Å². The van der Waals surface area contributed by atoms with E-state index in [0.717, 1.165) is 0 Å². The second-order valence-corrected chi connectivity index (χ2v) is 4.43. The summed E-state index contributed by atoms with van der Waals surface area (Å²) < 4.78 is 0. The number of hydrogen-bond donors (Lipinski definition) is 0. The highest BCUT2D eigenvalue weighted by molar-refractivity contribution is 7.10. The first-order valence-electron chi connectivity index (χ1n) is 4.38. The lowest BCUT2D eigenvalue weighted by Gasteiger charge is -1.97. The van der Waals surface area contributed by atoms with Gasteiger partial charge in [-0.05, 0) is 36.4 Å². The molecule has 2 rings (SSSR count). The number of aryl methyl sites for hydroxylation is 2. The molecule has 0 spiro atoms. The first kappa shape index (κ1) is 8.52. The van der Waals surface area contributed by atoms with Crippen molar-refractivity contribution in [1.29, 1.82) is 0 Å². The van der Waals surface area contributed by atoms with Gasteiger partial charge in [-0.1, -0.05) is 29.8 Å². The summed E-state index contributed by atoms with van der Waals surface area (Å²) in [5.41, 5.74) is 3.97. The molecule has 2 aromatic rings. The van der Waals surface area contributed by atoms with Gasteiger partial charge in [-0.2, -0.15) is 0 Å². The molecular formula is C12H12S. The predicted molar refractivity (Wildman–Crippen MR) is 59.2 cm³/mol. The molecule has 0 N–H and O–H groups in total. The third-order valence-electron chi connectivity index (χ3n) is 2.12. The van der Waals surface area contributed by atoms with Gasteiger partial charge in [0.15, 0.2) is 0 Å². The first-order valence-corrected chi connectivity index (χ1v) is 5.26. The van der Waals surface area contributed by atoms with Crippen LogP contribution in [0.25, 0.3) is 11.1 Å². The van der Waals surface area contributed by atoms with Gasteiger partial charge in [0.25, 0.3) is 0 Å². The lowest BCUT2D eigenvalue weighted by Crippen LogP contribution is -1.74. The van der Waals surface area contributed by atoms with Crippen LogP contribution < -0.4 is 0 Å². The van der Waals surface area contributed by atoms with E-state index in [1.807, 2.05) is 0 Å². The lowest BCUT2D eigenvalue weighted by atomic mass is 10.1. The minimum Gasteiger partial charge on any atom is -0.149 e. The van der Waals surface area contributed by atoms with Crippen molar-refractivity contribution in [2.75, 3.05) is 0 Å². The molecule has 1 aromatic heterocycles. The van der Waals surface area contributed by atoms with Crippen LogP contribution in [-0.2, 0) is 0 Å². The minimum absolute atomic E-state index is 1.31. The van der Waals surface area contributed by atoms with E-state index in [-0.39, 0.29) is 0 Å². The van der Waals surface area contributed by atoms with Crippen LogP contribution in [0.15, 0.2) is 35.7 Å². The van der Waals surface area contributed by atoms with Crippen molar-refractivity contribution in [2.24, 2.45) is 0 Å². The predicted octanol–water partition coefficient (Wildman–Crippen LogP) is 4.03. The molecule has 13 heavy (non-hydrogen) atoms. The zero-order valence-electron chi connectivity index (χ0n) is 7.87. The van der Waals surface area contributed by atoms with Crippen molar-refractivity contribution in [3.05, 3.63) is 46.2 Å². The summed E-state index contributed by atoms with van der Waals surface area (Å²) in [5.74, 6) is 0. The highest BCUT2D eigenvalue weighted by Gasteiger charge is 1.98. The fraction of sp³-hybridized carbons (Fsp3) is 0.167. The monoisotopic (exact) mass is 188 g/mol. The number of hydrogen-bond acceptors (Lipinski definition) is 1. The number of thiophene rings is 1. The second-order valence-electron chi connectivity index (χ2n) is 3.31. The maximum absolute atomic E-state index is 2.23. The van der Waals surface area contributed by atoms with Gasteiger partial charge < -0.3 is 0 Å². The summed E-state index contributed by atoms with van der Waals surface area (Å²) >= 11 is 1.80. The summed E-state index contributed by atoms with van der Waals surface area (Å²) in [4.78, 5) is 1.37. The summed E-state index contributed by atoms with van der Waals surface area (Å²) in [6.45, 7) is 4.25. The quantitative estimate of drug-likeness (QED) is 0.633. The molecule has 1 aromatic carbocycles. The Morgan fingerprint density at radius 1 is 0.923 bits per heavy atom. The summed E-state index contributed by atoms with van der Waals surface area (Å²) in [7, 11) is 0. The molecule has 0 aliphatic heterocycles. The molecule has 0 bridgehead atoms. The average Bonchev–Trinajstić information content (AvgIpc) is 2.53. The Morgan fingerprint density at radius 2 is 1.62 bits per heavy atom. The molecule has 0 nitrogen and oxygen atoms in total. The molecule has 1 heteroatoms. The standard InChI is InChI=1S/C12H12S/c1-9-3-5-11(6-4-9)12-7-10(2)13-8-12/h3-8H,1-2H3. The molecule has 0 amide bonds. The number of rotatable bonds is 1. The molecule has 0 aliphatic rings. The van der Waals surface area contributed by atoms with Crippen LogP contribution in [-0.4, -0.2) is 0 Å². The number of benzene rings is 1. The molecule has 0 atom stereocenters. The van der Waals surface area contributed by atoms with Gasteiger partial charge in [0.05, 0.1) is 0 Å². The van der Waals surface area contributed by atoms with E-state index in [0.29, 0.717) is 0 Å². The lowest BCUT2D eigenvalue weighted by molar-refractivity contribution is 1.47. The van der Waals surface area contributed by atoms with Crippen LogP contribution in [0.2, 0.25) is 0 Å². The Morgan fingerprint density at radius 3 is 2.15 bits per heavy atom. The van der Waals surface area contributed by atoms with Crippen LogP contribution >= 0.6 is 11.3 Å². The van der Waals surface area contributed by atoms with Gasteiger partial charge in [-0.3, -0.25) is 0 Å². The Hall–Kier alpha value is -1.08. The van der Waals surface area contributed by atoms with Crippen LogP contribution in [0.1, 0.15) is 10.4 Å². The van der Waals surface area contributed by atoms with Crippen molar-refractivity contribution in [2.45, 2.75) is 13.8 Å². The van der Waals surface area contributed by atoms with Crippen LogP contribution in [0.4, 0.5) is 0 Å². The Labute approximate surface area is 82.9 Å². The minimum atomic E-state index is 1.31. The smallest absolute Gasteiger partial charge is 0.00205 e. The third kappa shape index (κ3) is 1.81. The van der Waals surface area contributed by atoms with Gasteiger partial charge in [0.2, 0.25) is 0 Å². The highest BCUT2D eigenvalue weighted by atomic mass is 32.1. The van der Waals surface area contributed by atoms with Gasteiger partial charge in [-0.15, -0.1) is 11.3 Å². The maximum Gasteiger partial charge on any atom is 0.00205 e. The van der Waals surface area contributed by atoms with Crippen molar-refractivity contribution < 1.29 is 0 Å². The molecule has 1 heterocycles. The zero-order valence-corrected chi connectivity index (χ0v) is 8.69. The van der Waals surface area contributed by atoms with E-state index in [2.05, 4.69) is 49.6 Å². The Bertz CT molecular complexity index is 395. The van der Waals surface area contributed by atoms with Gasteiger partial charge >= 0.3 is 0 Å². The summed E-state index contributed by atoms with van der Waals surface area (Å²) in [6, 6.07) is 10.9. The fourth-order valence-corrected chi connectivity index (χ4v) is 2.05. The Balaban J connectivity index is 2.41. The van der Waals surface area contributed by atoms with Crippen molar-refractivity contribution in [1.82, 2.24) is 0 Å². The van der Waals surface area contributed by atoms with Crippen molar-refractivity contribution >= 4 is 11.3 Å². The van der Waals surface area contributed by atoms with Gasteiger partial charge in [0, 0.05) is 4.88 Å². The fourth-order valence-electron chi connectivity index (χ4n) is 1.34. The van der Waals surface area contributed by atoms with E-state index in [4.69, 9.17) is 0 Å². The van der Waals surface area contributed by atoms with E-state index >= 15 is 0 Å². The SMILES string of the molecule is Cc1ccc(-c2csc(C)c2)cc1. The van der Waals surface area contributed by atoms with Crippen LogP contribution in [0.5, 0.6) is 0 Å². The molecule has 0 aliphatic carbocycles. The average molecular weight is 188 g/mol. The van der Waals surface area contributed by atoms with Crippen LogP contribution in [0.3, 0.4) is 0 Å². The summed E-state index contributed by atoms with van der Waals surface area (Å²) in [6.07, 6.45) is 0. The molecule has 66 valence electrons. The zero-order chi connectivity index (χ0) is 9.26. The maximum atomic E-state index is 2.23. The Kier molecular flexibility index (Phi) is 2.19. The molecule has 0 unspecified atom stereocenters. The second kappa shape index (κ2) is 3.35. The summed E-state index contributed by atoms with van der Waals surface area (Å²) in [5, 5.41) is 2.21. The largest absolute Gasteiger partial charge is 0.149 e.